The van der Waals surface area contributed by atoms with Crippen molar-refractivity contribution in [3.8, 4) is 0 Å². The molecule has 1 amide bonds. The minimum absolute atomic E-state index is 0.0608. The van der Waals surface area contributed by atoms with Crippen molar-refractivity contribution in [3.63, 3.8) is 0 Å². The standard InChI is InChI=1S/C15H19N3O2/c1-3-20-11(2)15-17-7-8-18(15)10-12-5-4-6-13(9-12)14(16)19/h4-9,11H,3,10H2,1-2H3,(H2,16,19)/t11-/m1/s1. The van der Waals surface area contributed by atoms with Crippen molar-refractivity contribution in [1.29, 1.82) is 0 Å². The monoisotopic (exact) mass is 273 g/mol. The van der Waals surface area contributed by atoms with Gasteiger partial charge >= 0.3 is 0 Å². The third-order valence-electron chi connectivity index (χ3n) is 3.09. The lowest BCUT2D eigenvalue weighted by Gasteiger charge is -2.14. The van der Waals surface area contributed by atoms with E-state index in [0.717, 1.165) is 11.4 Å². The van der Waals surface area contributed by atoms with Crippen LogP contribution in [0.2, 0.25) is 0 Å². The molecule has 0 aliphatic carbocycles. The van der Waals surface area contributed by atoms with E-state index in [9.17, 15) is 4.79 Å². The molecular formula is C15H19N3O2. The van der Waals surface area contributed by atoms with Gasteiger partial charge < -0.3 is 15.0 Å². The lowest BCUT2D eigenvalue weighted by molar-refractivity contribution is 0.0677. The van der Waals surface area contributed by atoms with E-state index < -0.39 is 5.91 Å². The molecule has 1 heterocycles. The largest absolute Gasteiger partial charge is 0.371 e. The van der Waals surface area contributed by atoms with E-state index in [-0.39, 0.29) is 6.10 Å². The Kier molecular flexibility index (Phi) is 4.53. The molecule has 2 aromatic rings. The van der Waals surface area contributed by atoms with Crippen LogP contribution in [0.3, 0.4) is 0 Å². The molecule has 0 saturated heterocycles. The minimum atomic E-state index is -0.416. The van der Waals surface area contributed by atoms with E-state index >= 15 is 0 Å². The number of rotatable bonds is 6. The summed E-state index contributed by atoms with van der Waals surface area (Å²) in [5, 5.41) is 0. The van der Waals surface area contributed by atoms with Crippen LogP contribution in [0.15, 0.2) is 36.7 Å². The molecule has 1 aromatic heterocycles. The zero-order valence-corrected chi connectivity index (χ0v) is 11.7. The fraction of sp³-hybridized carbons (Fsp3) is 0.333. The summed E-state index contributed by atoms with van der Waals surface area (Å²) < 4.78 is 7.58. The first-order valence-electron chi connectivity index (χ1n) is 6.63. The molecule has 0 aliphatic heterocycles. The third kappa shape index (κ3) is 3.24. The fourth-order valence-electron chi connectivity index (χ4n) is 2.16. The highest BCUT2D eigenvalue weighted by molar-refractivity contribution is 5.92. The molecule has 0 aliphatic rings. The Morgan fingerprint density at radius 1 is 1.50 bits per heavy atom. The number of carbonyl (C=O) groups is 1. The molecule has 0 radical (unpaired) electrons. The first-order valence-corrected chi connectivity index (χ1v) is 6.63. The number of hydrogen-bond donors (Lipinski definition) is 1. The molecule has 0 saturated carbocycles. The summed E-state index contributed by atoms with van der Waals surface area (Å²) in [5.41, 5.74) is 6.82. The van der Waals surface area contributed by atoms with E-state index in [1.54, 1.807) is 18.3 Å². The molecule has 0 fully saturated rings. The minimum Gasteiger partial charge on any atom is -0.371 e. The Balaban J connectivity index is 2.20. The van der Waals surface area contributed by atoms with Gasteiger partial charge in [-0.25, -0.2) is 4.98 Å². The molecule has 5 nitrogen and oxygen atoms in total. The van der Waals surface area contributed by atoms with Gasteiger partial charge in [0, 0.05) is 31.1 Å². The van der Waals surface area contributed by atoms with Crippen LogP contribution in [-0.2, 0) is 11.3 Å². The average molecular weight is 273 g/mol. The van der Waals surface area contributed by atoms with Gasteiger partial charge in [-0.1, -0.05) is 12.1 Å². The molecule has 106 valence electrons. The van der Waals surface area contributed by atoms with Crippen LogP contribution in [0.5, 0.6) is 0 Å². The molecule has 0 bridgehead atoms. The normalized spacial score (nSPS) is 12.3. The highest BCUT2D eigenvalue weighted by atomic mass is 16.5. The van der Waals surface area contributed by atoms with Gasteiger partial charge in [-0.15, -0.1) is 0 Å². The molecule has 1 aromatic carbocycles. The Hall–Kier alpha value is -2.14. The SMILES string of the molecule is CCO[C@H](C)c1nccn1Cc1cccc(C(N)=O)c1. The molecule has 0 unspecified atom stereocenters. The molecule has 2 N–H and O–H groups in total. The van der Waals surface area contributed by atoms with Crippen molar-refractivity contribution >= 4 is 5.91 Å². The first kappa shape index (κ1) is 14.3. The van der Waals surface area contributed by atoms with Crippen LogP contribution in [0.4, 0.5) is 0 Å². The average Bonchev–Trinajstić information content (AvgIpc) is 2.87. The highest BCUT2D eigenvalue weighted by Gasteiger charge is 2.12. The number of nitrogens with zero attached hydrogens (tertiary/aromatic N) is 2. The zero-order valence-electron chi connectivity index (χ0n) is 11.7. The number of aromatic nitrogens is 2. The lowest BCUT2D eigenvalue weighted by atomic mass is 10.1. The summed E-state index contributed by atoms with van der Waals surface area (Å²) in [6.07, 6.45) is 3.60. The van der Waals surface area contributed by atoms with Gasteiger partial charge in [-0.3, -0.25) is 4.79 Å². The Morgan fingerprint density at radius 2 is 2.30 bits per heavy atom. The smallest absolute Gasteiger partial charge is 0.248 e. The van der Waals surface area contributed by atoms with Crippen molar-refractivity contribution in [2.45, 2.75) is 26.5 Å². The van der Waals surface area contributed by atoms with Crippen LogP contribution in [0.25, 0.3) is 0 Å². The van der Waals surface area contributed by atoms with E-state index in [2.05, 4.69) is 4.98 Å². The first-order chi connectivity index (χ1) is 9.61. The van der Waals surface area contributed by atoms with Gasteiger partial charge in [0.25, 0.3) is 0 Å². The van der Waals surface area contributed by atoms with Crippen molar-refractivity contribution < 1.29 is 9.53 Å². The number of benzene rings is 1. The van der Waals surface area contributed by atoms with Crippen molar-refractivity contribution in [1.82, 2.24) is 9.55 Å². The van der Waals surface area contributed by atoms with Gasteiger partial charge in [-0.05, 0) is 31.5 Å². The predicted molar refractivity (Wildman–Crippen MR) is 76.3 cm³/mol. The lowest BCUT2D eigenvalue weighted by Crippen LogP contribution is -2.13. The Morgan fingerprint density at radius 3 is 3.00 bits per heavy atom. The van der Waals surface area contributed by atoms with Crippen molar-refractivity contribution in [2.24, 2.45) is 5.73 Å². The summed E-state index contributed by atoms with van der Waals surface area (Å²) >= 11 is 0. The number of amides is 1. The van der Waals surface area contributed by atoms with Crippen LogP contribution < -0.4 is 5.73 Å². The predicted octanol–water partition coefficient (Wildman–Crippen LogP) is 2.13. The van der Waals surface area contributed by atoms with Crippen molar-refractivity contribution in [2.75, 3.05) is 6.61 Å². The van der Waals surface area contributed by atoms with E-state index in [1.807, 2.05) is 36.7 Å². The van der Waals surface area contributed by atoms with Crippen LogP contribution in [0, 0.1) is 0 Å². The Bertz CT molecular complexity index is 592. The van der Waals surface area contributed by atoms with Gasteiger partial charge in [0.1, 0.15) is 11.9 Å². The molecular weight excluding hydrogens is 254 g/mol. The summed E-state index contributed by atoms with van der Waals surface area (Å²) in [7, 11) is 0. The van der Waals surface area contributed by atoms with Crippen LogP contribution in [-0.4, -0.2) is 22.1 Å². The van der Waals surface area contributed by atoms with Gasteiger partial charge in [0.2, 0.25) is 5.91 Å². The highest BCUT2D eigenvalue weighted by Crippen LogP contribution is 2.16. The van der Waals surface area contributed by atoms with Crippen LogP contribution >= 0.6 is 0 Å². The summed E-state index contributed by atoms with van der Waals surface area (Å²) in [5.74, 6) is 0.455. The number of carbonyl (C=O) groups excluding carboxylic acids is 1. The second-order valence-electron chi connectivity index (χ2n) is 4.58. The molecule has 1 atom stereocenters. The number of nitrogens with two attached hydrogens (primary N) is 1. The second kappa shape index (κ2) is 6.34. The van der Waals surface area contributed by atoms with Gasteiger partial charge in [0.15, 0.2) is 0 Å². The maximum atomic E-state index is 11.2. The Labute approximate surface area is 118 Å². The number of ether oxygens (including phenoxy) is 1. The number of imidazole rings is 1. The summed E-state index contributed by atoms with van der Waals surface area (Å²) in [6, 6.07) is 7.31. The van der Waals surface area contributed by atoms with Gasteiger partial charge in [0.05, 0.1) is 0 Å². The van der Waals surface area contributed by atoms with E-state index in [4.69, 9.17) is 10.5 Å². The maximum Gasteiger partial charge on any atom is 0.248 e. The quantitative estimate of drug-likeness (QED) is 0.876. The number of hydrogen-bond acceptors (Lipinski definition) is 3. The molecule has 0 spiro atoms. The summed E-state index contributed by atoms with van der Waals surface area (Å²) in [4.78, 5) is 15.5. The van der Waals surface area contributed by atoms with E-state index in [1.165, 1.54) is 0 Å². The molecule has 2 rings (SSSR count). The maximum absolute atomic E-state index is 11.2. The third-order valence-corrected chi connectivity index (χ3v) is 3.09. The van der Waals surface area contributed by atoms with Gasteiger partial charge in [-0.2, -0.15) is 0 Å². The van der Waals surface area contributed by atoms with E-state index in [0.29, 0.717) is 18.7 Å². The zero-order chi connectivity index (χ0) is 14.5. The summed E-state index contributed by atoms with van der Waals surface area (Å²) in [6.45, 7) is 5.21. The van der Waals surface area contributed by atoms with Crippen LogP contribution in [0.1, 0.15) is 41.7 Å². The van der Waals surface area contributed by atoms with Crippen molar-refractivity contribution in [3.05, 3.63) is 53.6 Å². The second-order valence-corrected chi connectivity index (χ2v) is 4.58. The molecule has 5 heteroatoms. The number of primary amides is 1. The topological polar surface area (TPSA) is 70.1 Å². The molecule has 20 heavy (non-hydrogen) atoms. The fourth-order valence-corrected chi connectivity index (χ4v) is 2.16.